The molecule has 0 atom stereocenters. The van der Waals surface area contributed by atoms with Gasteiger partial charge in [-0.3, -0.25) is 4.79 Å². The zero-order valence-electron chi connectivity index (χ0n) is 15.9. The summed E-state index contributed by atoms with van der Waals surface area (Å²) in [6.07, 6.45) is 3.15. The first kappa shape index (κ1) is 19.1. The van der Waals surface area contributed by atoms with Gasteiger partial charge in [-0.15, -0.1) is 0 Å². The van der Waals surface area contributed by atoms with E-state index in [1.807, 2.05) is 42.5 Å². The van der Waals surface area contributed by atoms with Gasteiger partial charge < -0.3 is 15.2 Å². The fraction of sp³-hybridized carbons (Fsp3) is 0.0909. The Labute approximate surface area is 171 Å². The minimum Gasteiger partial charge on any atom is -0.482 e. The maximum atomic E-state index is 12.7. The van der Waals surface area contributed by atoms with Crippen LogP contribution in [0.1, 0.15) is 15.9 Å². The van der Waals surface area contributed by atoms with Crippen LogP contribution >= 0.6 is 0 Å². The zero-order chi connectivity index (χ0) is 20.9. The molecule has 0 aliphatic carbocycles. The van der Waals surface area contributed by atoms with Crippen LogP contribution in [0.15, 0.2) is 73.1 Å². The van der Waals surface area contributed by atoms with E-state index >= 15 is 0 Å². The lowest BCUT2D eigenvalue weighted by Gasteiger charge is -2.08. The molecule has 0 bridgehead atoms. The average Bonchev–Trinajstić information content (AvgIpc) is 3.21. The number of carbonyl (C=O) groups is 2. The number of ether oxygens (including phenoxy) is 1. The third-order valence-corrected chi connectivity index (χ3v) is 4.43. The van der Waals surface area contributed by atoms with Crippen LogP contribution in [0, 0.1) is 0 Å². The van der Waals surface area contributed by atoms with Crippen molar-refractivity contribution in [2.24, 2.45) is 0 Å². The van der Waals surface area contributed by atoms with Crippen LogP contribution in [-0.4, -0.2) is 38.2 Å². The lowest BCUT2D eigenvalue weighted by Crippen LogP contribution is -2.22. The van der Waals surface area contributed by atoms with Crippen LogP contribution in [0.25, 0.3) is 16.9 Å². The van der Waals surface area contributed by atoms with E-state index in [1.165, 1.54) is 6.20 Å². The highest BCUT2D eigenvalue weighted by molar-refractivity contribution is 5.99. The van der Waals surface area contributed by atoms with Gasteiger partial charge in [0.15, 0.2) is 12.3 Å². The summed E-state index contributed by atoms with van der Waals surface area (Å²) in [5.41, 5.74) is 3.42. The van der Waals surface area contributed by atoms with Crippen molar-refractivity contribution in [3.8, 4) is 17.0 Å². The van der Waals surface area contributed by atoms with Crippen LogP contribution in [0.3, 0.4) is 0 Å². The Kier molecular flexibility index (Phi) is 5.38. The van der Waals surface area contributed by atoms with Gasteiger partial charge in [-0.25, -0.2) is 14.3 Å². The molecule has 0 radical (unpaired) electrons. The van der Waals surface area contributed by atoms with Crippen molar-refractivity contribution in [3.05, 3.63) is 84.2 Å². The molecule has 8 nitrogen and oxygen atoms in total. The molecule has 2 aromatic carbocycles. The molecule has 30 heavy (non-hydrogen) atoms. The molecule has 0 aliphatic rings. The third kappa shape index (κ3) is 4.12. The number of carboxylic acid groups (broad SMARTS) is 1. The standard InChI is InChI=1S/C22H18N4O4/c27-20(28)14-30-17-8-4-5-15(11-17)12-24-22(29)18-13-25-26-19(9-10-23-21(18)26)16-6-2-1-3-7-16/h1-11,13H,12,14H2,(H,24,29)(H,27,28). The molecule has 2 heterocycles. The molecule has 150 valence electrons. The number of nitrogens with zero attached hydrogens (tertiary/aromatic N) is 3. The van der Waals surface area contributed by atoms with Gasteiger partial charge in [0.25, 0.3) is 5.91 Å². The maximum Gasteiger partial charge on any atom is 0.341 e. The number of hydrogen-bond donors (Lipinski definition) is 2. The molecule has 1 amide bonds. The average molecular weight is 402 g/mol. The highest BCUT2D eigenvalue weighted by atomic mass is 16.5. The number of aromatic nitrogens is 3. The second-order valence-electron chi connectivity index (χ2n) is 6.50. The molecule has 0 unspecified atom stereocenters. The summed E-state index contributed by atoms with van der Waals surface area (Å²) in [5, 5.41) is 15.9. The monoisotopic (exact) mass is 402 g/mol. The number of nitrogens with one attached hydrogen (secondary N) is 1. The molecular formula is C22H18N4O4. The predicted octanol–water partition coefficient (Wildman–Crippen LogP) is 2.79. The summed E-state index contributed by atoms with van der Waals surface area (Å²) in [5.74, 6) is -0.932. The number of rotatable bonds is 7. The molecule has 2 N–H and O–H groups in total. The fourth-order valence-electron chi connectivity index (χ4n) is 3.05. The summed E-state index contributed by atoms with van der Waals surface area (Å²) < 4.78 is 6.81. The summed E-state index contributed by atoms with van der Waals surface area (Å²) in [6.45, 7) is -0.174. The SMILES string of the molecule is O=C(O)COc1cccc(CNC(=O)c2cnn3c(-c4ccccc4)ccnc23)c1. The number of fused-ring (bicyclic) bond motifs is 1. The van der Waals surface area contributed by atoms with E-state index in [2.05, 4.69) is 15.4 Å². The van der Waals surface area contributed by atoms with Gasteiger partial charge in [0.05, 0.1) is 11.9 Å². The zero-order valence-corrected chi connectivity index (χ0v) is 15.9. The summed E-state index contributed by atoms with van der Waals surface area (Å²) >= 11 is 0. The van der Waals surface area contributed by atoms with Crippen molar-refractivity contribution in [1.29, 1.82) is 0 Å². The van der Waals surface area contributed by atoms with E-state index < -0.39 is 12.6 Å². The minimum atomic E-state index is -1.05. The van der Waals surface area contributed by atoms with E-state index in [9.17, 15) is 9.59 Å². The fourth-order valence-corrected chi connectivity index (χ4v) is 3.05. The van der Waals surface area contributed by atoms with Crippen LogP contribution < -0.4 is 10.1 Å². The topological polar surface area (TPSA) is 106 Å². The molecule has 4 rings (SSSR count). The van der Waals surface area contributed by atoms with E-state index in [4.69, 9.17) is 9.84 Å². The summed E-state index contributed by atoms with van der Waals surface area (Å²) in [4.78, 5) is 27.7. The van der Waals surface area contributed by atoms with Crippen molar-refractivity contribution in [2.75, 3.05) is 6.61 Å². The number of hydrogen-bond acceptors (Lipinski definition) is 5. The Bertz CT molecular complexity index is 1200. The van der Waals surface area contributed by atoms with Crippen molar-refractivity contribution < 1.29 is 19.4 Å². The second kappa shape index (κ2) is 8.44. The van der Waals surface area contributed by atoms with Crippen molar-refractivity contribution in [2.45, 2.75) is 6.54 Å². The van der Waals surface area contributed by atoms with Crippen molar-refractivity contribution in [1.82, 2.24) is 19.9 Å². The van der Waals surface area contributed by atoms with E-state index in [1.54, 1.807) is 28.9 Å². The van der Waals surface area contributed by atoms with Gasteiger partial charge in [0.1, 0.15) is 11.3 Å². The minimum absolute atomic E-state index is 0.249. The molecule has 8 heteroatoms. The lowest BCUT2D eigenvalue weighted by atomic mass is 10.1. The van der Waals surface area contributed by atoms with Gasteiger partial charge in [-0.1, -0.05) is 42.5 Å². The molecule has 0 saturated carbocycles. The van der Waals surface area contributed by atoms with E-state index in [-0.39, 0.29) is 12.5 Å². The highest BCUT2D eigenvalue weighted by Crippen LogP contribution is 2.20. The molecule has 0 aliphatic heterocycles. The van der Waals surface area contributed by atoms with Gasteiger partial charge in [0, 0.05) is 18.3 Å². The first-order valence-electron chi connectivity index (χ1n) is 9.22. The first-order valence-corrected chi connectivity index (χ1v) is 9.22. The second-order valence-corrected chi connectivity index (χ2v) is 6.50. The van der Waals surface area contributed by atoms with Crippen LogP contribution in [0.4, 0.5) is 0 Å². The summed E-state index contributed by atoms with van der Waals surface area (Å²) in [6, 6.07) is 18.5. The van der Waals surface area contributed by atoms with Crippen molar-refractivity contribution in [3.63, 3.8) is 0 Å². The molecule has 0 spiro atoms. The Hall–Kier alpha value is -4.20. The highest BCUT2D eigenvalue weighted by Gasteiger charge is 2.16. The normalized spacial score (nSPS) is 10.7. The lowest BCUT2D eigenvalue weighted by molar-refractivity contribution is -0.139. The summed E-state index contributed by atoms with van der Waals surface area (Å²) in [7, 11) is 0. The van der Waals surface area contributed by atoms with E-state index in [0.717, 1.165) is 16.8 Å². The largest absolute Gasteiger partial charge is 0.482 e. The maximum absolute atomic E-state index is 12.7. The Morgan fingerprint density at radius 2 is 1.90 bits per heavy atom. The number of amides is 1. The molecule has 4 aromatic rings. The van der Waals surface area contributed by atoms with Crippen LogP contribution in [0.5, 0.6) is 5.75 Å². The van der Waals surface area contributed by atoms with Gasteiger partial charge in [-0.05, 0) is 23.8 Å². The molecule has 0 saturated heterocycles. The smallest absolute Gasteiger partial charge is 0.341 e. The number of aliphatic carboxylic acids is 1. The Morgan fingerprint density at radius 3 is 2.70 bits per heavy atom. The molecule has 0 fully saturated rings. The third-order valence-electron chi connectivity index (χ3n) is 4.43. The van der Waals surface area contributed by atoms with Crippen LogP contribution in [0.2, 0.25) is 0 Å². The number of carbonyl (C=O) groups excluding carboxylic acids is 1. The van der Waals surface area contributed by atoms with Gasteiger partial charge in [-0.2, -0.15) is 5.10 Å². The number of carboxylic acids is 1. The molecule has 2 aromatic heterocycles. The Balaban J connectivity index is 1.51. The number of benzene rings is 2. The quantitative estimate of drug-likeness (QED) is 0.492. The van der Waals surface area contributed by atoms with E-state index in [0.29, 0.717) is 17.0 Å². The van der Waals surface area contributed by atoms with Gasteiger partial charge in [0.2, 0.25) is 0 Å². The predicted molar refractivity (Wildman–Crippen MR) is 109 cm³/mol. The first-order chi connectivity index (χ1) is 14.6. The molecular weight excluding hydrogens is 384 g/mol. The van der Waals surface area contributed by atoms with Crippen molar-refractivity contribution >= 4 is 17.5 Å². The van der Waals surface area contributed by atoms with Gasteiger partial charge >= 0.3 is 5.97 Å². The Morgan fingerprint density at radius 1 is 1.07 bits per heavy atom. The van der Waals surface area contributed by atoms with Crippen LogP contribution in [-0.2, 0) is 11.3 Å².